The predicted octanol–water partition coefficient (Wildman–Crippen LogP) is 2.84. The van der Waals surface area contributed by atoms with E-state index in [2.05, 4.69) is 15.0 Å². The normalized spacial score (nSPS) is 11.1. The lowest BCUT2D eigenvalue weighted by molar-refractivity contribution is -0.141. The summed E-state index contributed by atoms with van der Waals surface area (Å²) in [5.74, 6) is -0.276. The van der Waals surface area contributed by atoms with E-state index in [0.29, 0.717) is 11.3 Å². The maximum absolute atomic E-state index is 12.2. The molecule has 7 nitrogen and oxygen atoms in total. The molecule has 0 unspecified atom stereocenters. The average Bonchev–Trinajstić information content (AvgIpc) is 3.14. The number of nitrogens with zero attached hydrogens (tertiary/aromatic N) is 4. The van der Waals surface area contributed by atoms with Gasteiger partial charge in [0.2, 0.25) is 0 Å². The summed E-state index contributed by atoms with van der Waals surface area (Å²) in [5, 5.41) is 3.61. The number of aromatic nitrogens is 4. The van der Waals surface area contributed by atoms with Gasteiger partial charge in [0.05, 0.1) is 11.4 Å². The molecule has 0 saturated carbocycles. The fourth-order valence-corrected chi connectivity index (χ4v) is 4.22. The quantitative estimate of drug-likeness (QED) is 0.290. The summed E-state index contributed by atoms with van der Waals surface area (Å²) >= 11 is 2.83. The van der Waals surface area contributed by atoms with Gasteiger partial charge in [-0.15, -0.1) is 11.3 Å². The first kappa shape index (κ1) is 17.6. The highest BCUT2D eigenvalue weighted by atomic mass is 32.2. The van der Waals surface area contributed by atoms with E-state index in [1.54, 1.807) is 6.07 Å². The van der Waals surface area contributed by atoms with Crippen molar-refractivity contribution in [3.63, 3.8) is 0 Å². The summed E-state index contributed by atoms with van der Waals surface area (Å²) in [6.45, 7) is 1.79. The lowest BCUT2D eigenvalue weighted by Crippen LogP contribution is -2.18. The van der Waals surface area contributed by atoms with Gasteiger partial charge in [0.25, 0.3) is 5.56 Å². The van der Waals surface area contributed by atoms with Crippen LogP contribution >= 0.6 is 23.1 Å². The Morgan fingerprint density at radius 1 is 1.30 bits per heavy atom. The first-order valence-corrected chi connectivity index (χ1v) is 9.93. The summed E-state index contributed by atoms with van der Waals surface area (Å²) in [5.41, 5.74) is 1.56. The van der Waals surface area contributed by atoms with E-state index in [-0.39, 0.29) is 17.9 Å². The second kappa shape index (κ2) is 7.45. The molecule has 4 heterocycles. The summed E-state index contributed by atoms with van der Waals surface area (Å²) in [7, 11) is 0. The standard InChI is InChI=1S/C18H14N4O3S2/c1-11-3-2-4-14-21-12(7-15(23)22(11)14)8-25-16(24)9-27-18-13-5-6-26-17(13)19-10-20-18/h2-7,10H,8-9H2,1H3. The molecular weight excluding hydrogens is 384 g/mol. The molecule has 4 aromatic rings. The van der Waals surface area contributed by atoms with Crippen molar-refractivity contribution in [1.82, 2.24) is 19.4 Å². The van der Waals surface area contributed by atoms with E-state index in [4.69, 9.17) is 4.74 Å². The van der Waals surface area contributed by atoms with E-state index in [1.807, 2.05) is 30.5 Å². The Hall–Kier alpha value is -2.78. The molecule has 4 aromatic heterocycles. The van der Waals surface area contributed by atoms with E-state index in [0.717, 1.165) is 20.9 Å². The molecule has 4 rings (SSSR count). The number of thioether (sulfide) groups is 1. The Kier molecular flexibility index (Phi) is 4.87. The molecule has 0 bridgehead atoms. The molecule has 0 aliphatic rings. The fraction of sp³-hybridized carbons (Fsp3) is 0.167. The van der Waals surface area contributed by atoms with Gasteiger partial charge < -0.3 is 4.74 Å². The van der Waals surface area contributed by atoms with Crippen LogP contribution in [-0.2, 0) is 16.1 Å². The van der Waals surface area contributed by atoms with E-state index in [9.17, 15) is 9.59 Å². The minimum atomic E-state index is -0.395. The van der Waals surface area contributed by atoms with E-state index in [1.165, 1.54) is 39.9 Å². The number of aryl methyl sites for hydroxylation is 1. The van der Waals surface area contributed by atoms with Crippen LogP contribution in [0.2, 0.25) is 0 Å². The molecule has 0 radical (unpaired) electrons. The Labute approximate surface area is 162 Å². The summed E-state index contributed by atoms with van der Waals surface area (Å²) in [6, 6.07) is 8.74. The molecule has 0 aliphatic carbocycles. The molecule has 0 aliphatic heterocycles. The first-order chi connectivity index (χ1) is 13.1. The zero-order chi connectivity index (χ0) is 18.8. The van der Waals surface area contributed by atoms with Gasteiger partial charge in [0.15, 0.2) is 0 Å². The monoisotopic (exact) mass is 398 g/mol. The number of pyridine rings is 1. The predicted molar refractivity (Wildman–Crippen MR) is 104 cm³/mol. The van der Waals surface area contributed by atoms with Crippen LogP contribution in [0, 0.1) is 6.92 Å². The van der Waals surface area contributed by atoms with Gasteiger partial charge in [-0.25, -0.2) is 15.0 Å². The highest BCUT2D eigenvalue weighted by molar-refractivity contribution is 8.00. The maximum Gasteiger partial charge on any atom is 0.316 e. The third kappa shape index (κ3) is 3.69. The number of fused-ring (bicyclic) bond motifs is 2. The maximum atomic E-state index is 12.2. The van der Waals surface area contributed by atoms with Crippen molar-refractivity contribution in [3.05, 3.63) is 63.8 Å². The van der Waals surface area contributed by atoms with Crippen molar-refractivity contribution >= 4 is 44.9 Å². The first-order valence-electron chi connectivity index (χ1n) is 8.07. The van der Waals surface area contributed by atoms with Gasteiger partial charge in [-0.1, -0.05) is 17.8 Å². The number of esters is 1. The van der Waals surface area contributed by atoms with Crippen molar-refractivity contribution in [2.75, 3.05) is 5.75 Å². The second-order valence-corrected chi connectivity index (χ2v) is 7.57. The molecular formula is C18H14N4O3S2. The highest BCUT2D eigenvalue weighted by Crippen LogP contribution is 2.27. The van der Waals surface area contributed by atoms with Crippen LogP contribution in [0.5, 0.6) is 0 Å². The van der Waals surface area contributed by atoms with Crippen molar-refractivity contribution in [2.24, 2.45) is 0 Å². The van der Waals surface area contributed by atoms with Gasteiger partial charge in [-0.2, -0.15) is 0 Å². The SMILES string of the molecule is Cc1cccc2nc(COC(=O)CSc3ncnc4sccc34)cc(=O)n12. The topological polar surface area (TPSA) is 86.4 Å². The van der Waals surface area contributed by atoms with Crippen molar-refractivity contribution in [3.8, 4) is 0 Å². The number of ether oxygens (including phenoxy) is 1. The van der Waals surface area contributed by atoms with Crippen molar-refractivity contribution < 1.29 is 9.53 Å². The Bertz CT molecular complexity index is 1200. The molecule has 27 heavy (non-hydrogen) atoms. The number of carbonyl (C=O) groups excluding carboxylic acids is 1. The number of carbonyl (C=O) groups is 1. The van der Waals surface area contributed by atoms with Crippen LogP contribution in [0.1, 0.15) is 11.4 Å². The van der Waals surface area contributed by atoms with Crippen molar-refractivity contribution in [2.45, 2.75) is 18.6 Å². The molecule has 0 amide bonds. The molecule has 0 fully saturated rings. The third-order valence-corrected chi connectivity index (χ3v) is 5.67. The van der Waals surface area contributed by atoms with E-state index >= 15 is 0 Å². The average molecular weight is 398 g/mol. The summed E-state index contributed by atoms with van der Waals surface area (Å²) < 4.78 is 6.78. The fourth-order valence-electron chi connectivity index (χ4n) is 2.64. The lowest BCUT2D eigenvalue weighted by Gasteiger charge is -2.07. The van der Waals surface area contributed by atoms with Crippen LogP contribution in [0.25, 0.3) is 15.9 Å². The smallest absolute Gasteiger partial charge is 0.316 e. The Morgan fingerprint density at radius 2 is 2.19 bits per heavy atom. The lowest BCUT2D eigenvalue weighted by atomic mass is 10.3. The number of thiophene rings is 1. The molecule has 0 N–H and O–H groups in total. The highest BCUT2D eigenvalue weighted by Gasteiger charge is 2.11. The van der Waals surface area contributed by atoms with Crippen LogP contribution in [0.15, 0.2) is 51.9 Å². The molecule has 0 saturated heterocycles. The molecule has 136 valence electrons. The van der Waals surface area contributed by atoms with Crippen LogP contribution < -0.4 is 5.56 Å². The largest absolute Gasteiger partial charge is 0.459 e. The minimum absolute atomic E-state index is 0.0449. The molecule has 9 heteroatoms. The van der Waals surface area contributed by atoms with Crippen LogP contribution in [0.3, 0.4) is 0 Å². The number of hydrogen-bond acceptors (Lipinski definition) is 8. The number of hydrogen-bond donors (Lipinski definition) is 0. The Morgan fingerprint density at radius 3 is 3.07 bits per heavy atom. The number of rotatable bonds is 5. The van der Waals surface area contributed by atoms with E-state index < -0.39 is 5.97 Å². The zero-order valence-electron chi connectivity index (χ0n) is 14.3. The minimum Gasteiger partial charge on any atom is -0.459 e. The molecule has 0 spiro atoms. The Balaban J connectivity index is 1.41. The molecule has 0 atom stereocenters. The molecule has 0 aromatic carbocycles. The zero-order valence-corrected chi connectivity index (χ0v) is 15.9. The van der Waals surface area contributed by atoms with Gasteiger partial charge in [-0.3, -0.25) is 14.0 Å². The van der Waals surface area contributed by atoms with Gasteiger partial charge in [-0.05, 0) is 30.5 Å². The van der Waals surface area contributed by atoms with Gasteiger partial charge in [0.1, 0.15) is 28.4 Å². The van der Waals surface area contributed by atoms with Gasteiger partial charge in [0, 0.05) is 17.1 Å². The van der Waals surface area contributed by atoms with Crippen LogP contribution in [-0.4, -0.2) is 31.1 Å². The summed E-state index contributed by atoms with van der Waals surface area (Å²) in [4.78, 5) is 38.0. The van der Waals surface area contributed by atoms with Crippen molar-refractivity contribution in [1.29, 1.82) is 0 Å². The third-order valence-electron chi connectivity index (χ3n) is 3.87. The second-order valence-electron chi connectivity index (χ2n) is 5.71. The van der Waals surface area contributed by atoms with Gasteiger partial charge >= 0.3 is 5.97 Å². The summed E-state index contributed by atoms with van der Waals surface area (Å²) in [6.07, 6.45) is 1.49. The van der Waals surface area contributed by atoms with Crippen LogP contribution in [0.4, 0.5) is 0 Å².